The van der Waals surface area contributed by atoms with E-state index in [1.165, 1.54) is 11.1 Å². The third kappa shape index (κ3) is 6.56. The molecular weight excluding hydrogens is 515 g/mol. The van der Waals surface area contributed by atoms with Crippen LogP contribution in [0.4, 0.5) is 11.4 Å². The first-order valence-corrected chi connectivity index (χ1v) is 11.5. The molecule has 1 amide bonds. The van der Waals surface area contributed by atoms with E-state index < -0.39 is 0 Å². The number of rotatable bonds is 8. The first kappa shape index (κ1) is 23.8. The van der Waals surface area contributed by atoms with Gasteiger partial charge in [-0.05, 0) is 109 Å². The van der Waals surface area contributed by atoms with Crippen molar-refractivity contribution in [2.75, 3.05) is 18.5 Å². The lowest BCUT2D eigenvalue weighted by Gasteiger charge is -2.14. The molecule has 0 aromatic heterocycles. The second-order valence-corrected chi connectivity index (χ2v) is 8.66. The minimum atomic E-state index is -0.228. The molecule has 32 heavy (non-hydrogen) atoms. The highest BCUT2D eigenvalue weighted by atomic mass is 127. The van der Waals surface area contributed by atoms with Gasteiger partial charge in [-0.15, -0.1) is 0 Å². The summed E-state index contributed by atoms with van der Waals surface area (Å²) in [5, 5.41) is 2.85. The van der Waals surface area contributed by atoms with Crippen LogP contribution in [0.25, 0.3) is 0 Å². The number of aliphatic imine (C=N–C) groups is 1. The first-order valence-electron chi connectivity index (χ1n) is 10.4. The summed E-state index contributed by atoms with van der Waals surface area (Å²) in [4.78, 5) is 16.9. The Morgan fingerprint density at radius 2 is 1.84 bits per heavy atom. The van der Waals surface area contributed by atoms with Crippen LogP contribution >= 0.6 is 22.6 Å². The van der Waals surface area contributed by atoms with Gasteiger partial charge in [-0.1, -0.05) is 18.2 Å². The summed E-state index contributed by atoms with van der Waals surface area (Å²) < 4.78 is 12.5. The van der Waals surface area contributed by atoms with E-state index in [9.17, 15) is 4.79 Å². The summed E-state index contributed by atoms with van der Waals surface area (Å²) in [5.41, 5.74) is 6.06. The van der Waals surface area contributed by atoms with Crippen molar-refractivity contribution in [3.8, 4) is 11.5 Å². The summed E-state index contributed by atoms with van der Waals surface area (Å²) in [5.74, 6) is 0.911. The van der Waals surface area contributed by atoms with Crippen LogP contribution in [-0.4, -0.2) is 25.3 Å². The van der Waals surface area contributed by atoms with Crippen LogP contribution in [0.3, 0.4) is 0 Å². The Morgan fingerprint density at radius 3 is 2.56 bits per heavy atom. The second kappa shape index (κ2) is 11.1. The van der Waals surface area contributed by atoms with E-state index >= 15 is 0 Å². The molecule has 6 heteroatoms. The molecule has 0 radical (unpaired) electrons. The third-order valence-corrected chi connectivity index (χ3v) is 5.64. The van der Waals surface area contributed by atoms with Crippen molar-refractivity contribution in [3.05, 3.63) is 80.4 Å². The Kier molecular flexibility index (Phi) is 8.27. The van der Waals surface area contributed by atoms with Crippen molar-refractivity contribution < 1.29 is 14.3 Å². The average molecular weight is 542 g/mol. The molecule has 0 saturated carbocycles. The molecule has 0 aliphatic heterocycles. The number of amides is 1. The van der Waals surface area contributed by atoms with Crippen LogP contribution in [0.15, 0.2) is 59.6 Å². The molecule has 0 unspecified atom stereocenters. The number of benzene rings is 3. The van der Waals surface area contributed by atoms with E-state index in [4.69, 9.17) is 9.47 Å². The van der Waals surface area contributed by atoms with E-state index in [0.717, 1.165) is 26.1 Å². The molecule has 0 heterocycles. The third-order valence-electron chi connectivity index (χ3n) is 4.83. The van der Waals surface area contributed by atoms with Gasteiger partial charge in [0, 0.05) is 11.9 Å². The van der Waals surface area contributed by atoms with Gasteiger partial charge in [-0.3, -0.25) is 9.79 Å². The van der Waals surface area contributed by atoms with E-state index in [1.807, 2.05) is 62.5 Å². The fourth-order valence-corrected chi connectivity index (χ4v) is 3.86. The van der Waals surface area contributed by atoms with Crippen molar-refractivity contribution in [2.24, 2.45) is 4.99 Å². The SMILES string of the molecule is CCOc1cc(C=Nc2ccc(C)c(C)c2)cc(I)c1OCC(=O)Nc1cccc(C)c1. The fraction of sp³-hybridized carbons (Fsp3) is 0.231. The second-order valence-electron chi connectivity index (χ2n) is 7.50. The van der Waals surface area contributed by atoms with Crippen LogP contribution in [0.2, 0.25) is 0 Å². The fourth-order valence-electron chi connectivity index (χ4n) is 3.08. The standard InChI is InChI=1S/C26H27IN2O3/c1-5-31-24-14-20(15-28-21-10-9-18(3)19(4)12-21)13-23(27)26(24)32-16-25(30)29-22-8-6-7-17(2)11-22/h6-15H,5,16H2,1-4H3,(H,29,30). The molecule has 0 atom stereocenters. The molecule has 3 aromatic rings. The molecule has 0 saturated heterocycles. The summed E-state index contributed by atoms with van der Waals surface area (Å²) in [6, 6.07) is 17.6. The Balaban J connectivity index is 1.73. The molecule has 0 aliphatic carbocycles. The van der Waals surface area contributed by atoms with E-state index in [0.29, 0.717) is 18.1 Å². The van der Waals surface area contributed by atoms with Crippen LogP contribution < -0.4 is 14.8 Å². The molecule has 0 aliphatic rings. The Morgan fingerprint density at radius 1 is 1.03 bits per heavy atom. The van der Waals surface area contributed by atoms with Gasteiger partial charge in [-0.25, -0.2) is 0 Å². The maximum Gasteiger partial charge on any atom is 0.262 e. The zero-order valence-electron chi connectivity index (χ0n) is 18.7. The number of nitrogens with one attached hydrogen (secondary N) is 1. The highest BCUT2D eigenvalue weighted by molar-refractivity contribution is 14.1. The number of halogens is 1. The van der Waals surface area contributed by atoms with Crippen molar-refractivity contribution in [2.45, 2.75) is 27.7 Å². The van der Waals surface area contributed by atoms with E-state index in [2.05, 4.69) is 58.9 Å². The highest BCUT2D eigenvalue weighted by Gasteiger charge is 2.14. The quantitative estimate of drug-likeness (QED) is 0.265. The van der Waals surface area contributed by atoms with Gasteiger partial charge in [-0.2, -0.15) is 0 Å². The van der Waals surface area contributed by atoms with Gasteiger partial charge in [0.25, 0.3) is 5.91 Å². The summed E-state index contributed by atoms with van der Waals surface area (Å²) >= 11 is 2.19. The summed E-state index contributed by atoms with van der Waals surface area (Å²) in [7, 11) is 0. The zero-order valence-corrected chi connectivity index (χ0v) is 20.9. The molecule has 1 N–H and O–H groups in total. The van der Waals surface area contributed by atoms with Crippen LogP contribution in [0, 0.1) is 24.3 Å². The van der Waals surface area contributed by atoms with Gasteiger partial charge >= 0.3 is 0 Å². The number of hydrogen-bond acceptors (Lipinski definition) is 4. The van der Waals surface area contributed by atoms with Crippen molar-refractivity contribution in [1.82, 2.24) is 0 Å². The number of hydrogen-bond donors (Lipinski definition) is 1. The summed E-state index contributed by atoms with van der Waals surface area (Å²) in [6.45, 7) is 8.43. The zero-order chi connectivity index (χ0) is 23.1. The molecule has 0 fully saturated rings. The molecule has 0 bridgehead atoms. The van der Waals surface area contributed by atoms with Gasteiger partial charge in [0.15, 0.2) is 18.1 Å². The van der Waals surface area contributed by atoms with Gasteiger partial charge in [0.1, 0.15) is 0 Å². The minimum absolute atomic E-state index is 0.111. The molecular formula is C26H27IN2O3. The van der Waals surface area contributed by atoms with Crippen molar-refractivity contribution in [3.63, 3.8) is 0 Å². The maximum absolute atomic E-state index is 12.4. The normalized spacial score (nSPS) is 10.9. The maximum atomic E-state index is 12.4. The Hall–Kier alpha value is -2.87. The van der Waals surface area contributed by atoms with E-state index in [1.54, 1.807) is 0 Å². The molecule has 166 valence electrons. The first-order chi connectivity index (χ1) is 15.4. The number of aryl methyl sites for hydroxylation is 3. The van der Waals surface area contributed by atoms with Gasteiger partial charge < -0.3 is 14.8 Å². The lowest BCUT2D eigenvalue weighted by molar-refractivity contribution is -0.118. The predicted octanol–water partition coefficient (Wildman–Crippen LogP) is 6.38. The van der Waals surface area contributed by atoms with Crippen LogP contribution in [0.5, 0.6) is 11.5 Å². The van der Waals surface area contributed by atoms with Gasteiger partial charge in [0.05, 0.1) is 15.9 Å². The monoisotopic (exact) mass is 542 g/mol. The highest BCUT2D eigenvalue weighted by Crippen LogP contribution is 2.34. The van der Waals surface area contributed by atoms with Crippen LogP contribution in [0.1, 0.15) is 29.2 Å². The smallest absolute Gasteiger partial charge is 0.262 e. The largest absolute Gasteiger partial charge is 0.490 e. The van der Waals surface area contributed by atoms with Crippen molar-refractivity contribution in [1.29, 1.82) is 0 Å². The molecule has 0 spiro atoms. The molecule has 3 aromatic carbocycles. The lowest BCUT2D eigenvalue weighted by atomic mass is 10.1. The van der Waals surface area contributed by atoms with E-state index in [-0.39, 0.29) is 12.5 Å². The predicted molar refractivity (Wildman–Crippen MR) is 139 cm³/mol. The molecule has 3 rings (SSSR count). The summed E-state index contributed by atoms with van der Waals surface area (Å²) in [6.07, 6.45) is 1.81. The number of carbonyl (C=O) groups excluding carboxylic acids is 1. The topological polar surface area (TPSA) is 59.9 Å². The lowest BCUT2D eigenvalue weighted by Crippen LogP contribution is -2.20. The average Bonchev–Trinajstić information content (AvgIpc) is 2.74. The minimum Gasteiger partial charge on any atom is -0.490 e. The number of ether oxygens (including phenoxy) is 2. The molecule has 5 nitrogen and oxygen atoms in total. The number of anilines is 1. The Labute approximate surface area is 203 Å². The van der Waals surface area contributed by atoms with Gasteiger partial charge in [0.2, 0.25) is 0 Å². The van der Waals surface area contributed by atoms with Crippen molar-refractivity contribution >= 4 is 46.1 Å². The Bertz CT molecular complexity index is 1140. The number of nitrogens with zero attached hydrogens (tertiary/aromatic N) is 1. The number of carbonyl (C=O) groups is 1. The van der Waals surface area contributed by atoms with Crippen LogP contribution in [-0.2, 0) is 4.79 Å².